The van der Waals surface area contributed by atoms with Crippen molar-refractivity contribution in [1.82, 2.24) is 19.9 Å². The Morgan fingerprint density at radius 2 is 2.17 bits per heavy atom. The number of nitrogens with two attached hydrogens (primary N) is 1. The fourth-order valence-electron chi connectivity index (χ4n) is 2.29. The quantitative estimate of drug-likeness (QED) is 0.889. The van der Waals surface area contributed by atoms with Crippen molar-refractivity contribution in [3.05, 3.63) is 48.1 Å². The van der Waals surface area contributed by atoms with Crippen molar-refractivity contribution in [2.75, 3.05) is 18.2 Å². The zero-order chi connectivity index (χ0) is 17.2. The van der Waals surface area contributed by atoms with Crippen molar-refractivity contribution >= 4 is 11.8 Å². The van der Waals surface area contributed by atoms with Gasteiger partial charge in [-0.2, -0.15) is 9.97 Å². The monoisotopic (exact) mass is 328 g/mol. The molecule has 0 saturated carbocycles. The highest BCUT2D eigenvalue weighted by atomic mass is 19.2. The third kappa shape index (κ3) is 3.38. The molecule has 3 rings (SSSR count). The third-order valence-electron chi connectivity index (χ3n) is 3.53. The zero-order valence-electron chi connectivity index (χ0n) is 13.3. The van der Waals surface area contributed by atoms with Gasteiger partial charge in [-0.15, -0.1) is 0 Å². The molecule has 0 amide bonds. The number of ether oxygens (including phenoxy) is 1. The van der Waals surface area contributed by atoms with E-state index in [2.05, 4.69) is 25.3 Å². The van der Waals surface area contributed by atoms with E-state index in [-0.39, 0.29) is 12.4 Å². The Kier molecular flexibility index (Phi) is 4.22. The second-order valence-corrected chi connectivity index (χ2v) is 5.28. The van der Waals surface area contributed by atoms with Crippen molar-refractivity contribution in [2.45, 2.75) is 19.2 Å². The average Bonchev–Trinajstić information content (AvgIpc) is 2.57. The molecule has 1 aliphatic rings. The number of rotatable bonds is 4. The minimum Gasteiger partial charge on any atom is -0.368 e. The van der Waals surface area contributed by atoms with Gasteiger partial charge in [0.1, 0.15) is 11.6 Å². The molecule has 2 heterocycles. The van der Waals surface area contributed by atoms with Crippen LogP contribution >= 0.6 is 0 Å². The summed E-state index contributed by atoms with van der Waals surface area (Å²) in [7, 11) is 1.33. The fraction of sp³-hybridized carbons (Fsp3) is 0.250. The van der Waals surface area contributed by atoms with Crippen LogP contribution in [0.5, 0.6) is 0 Å². The molecule has 0 saturated heterocycles. The molecule has 3 N–H and O–H groups in total. The smallest absolute Gasteiger partial charge is 0.232 e. The molecule has 1 atom stereocenters. The maximum absolute atomic E-state index is 14.0. The Hall–Kier alpha value is -2.87. The van der Waals surface area contributed by atoms with Crippen molar-refractivity contribution in [1.29, 1.82) is 0 Å². The second kappa shape index (κ2) is 6.32. The number of nitrogens with zero attached hydrogens (tertiary/aromatic N) is 4. The summed E-state index contributed by atoms with van der Waals surface area (Å²) in [5.41, 5.74) is 7.08. The molecule has 2 aromatic heterocycles. The van der Waals surface area contributed by atoms with E-state index in [0.717, 1.165) is 0 Å². The summed E-state index contributed by atoms with van der Waals surface area (Å²) in [6, 6.07) is 3.60. The van der Waals surface area contributed by atoms with E-state index in [9.17, 15) is 4.39 Å². The molecule has 0 spiro atoms. The standard InChI is InChI=1S/C16H17FN6O/c1-10-20-14(23-15(18)21-10)12-4-3-9-19-13(12)22-11-5-7-16(17,24-2)8-6-11/h3-7,9H,8H2,1-2H3,(H,19,22)(H2,18,20,21,23). The molecular formula is C16H17FN6O. The molecule has 2 aromatic rings. The number of alkyl halides is 1. The lowest BCUT2D eigenvalue weighted by atomic mass is 10.1. The number of nitrogen functional groups attached to an aromatic ring is 1. The van der Waals surface area contributed by atoms with Crippen LogP contribution in [0.3, 0.4) is 0 Å². The van der Waals surface area contributed by atoms with E-state index in [0.29, 0.717) is 28.7 Å². The number of aromatic nitrogens is 4. The Morgan fingerprint density at radius 1 is 1.33 bits per heavy atom. The summed E-state index contributed by atoms with van der Waals surface area (Å²) in [5.74, 6) is -0.134. The molecule has 7 nitrogen and oxygen atoms in total. The van der Waals surface area contributed by atoms with E-state index >= 15 is 0 Å². The molecule has 0 aliphatic heterocycles. The van der Waals surface area contributed by atoms with Gasteiger partial charge in [0.2, 0.25) is 11.8 Å². The van der Waals surface area contributed by atoms with Gasteiger partial charge >= 0.3 is 0 Å². The minimum absolute atomic E-state index is 0.113. The van der Waals surface area contributed by atoms with E-state index in [1.54, 1.807) is 31.3 Å². The van der Waals surface area contributed by atoms with E-state index in [1.807, 2.05) is 6.07 Å². The van der Waals surface area contributed by atoms with Gasteiger partial charge in [-0.1, -0.05) is 6.08 Å². The van der Waals surface area contributed by atoms with Gasteiger partial charge in [-0.25, -0.2) is 14.4 Å². The first kappa shape index (κ1) is 16.0. The number of anilines is 2. The van der Waals surface area contributed by atoms with Crippen molar-refractivity contribution < 1.29 is 9.13 Å². The maximum Gasteiger partial charge on any atom is 0.232 e. The number of hydrogen-bond acceptors (Lipinski definition) is 7. The van der Waals surface area contributed by atoms with Gasteiger partial charge in [-0.3, -0.25) is 0 Å². The van der Waals surface area contributed by atoms with Crippen molar-refractivity contribution in [2.24, 2.45) is 0 Å². The largest absolute Gasteiger partial charge is 0.368 e. The van der Waals surface area contributed by atoms with Gasteiger partial charge in [0.05, 0.1) is 5.56 Å². The summed E-state index contributed by atoms with van der Waals surface area (Å²) in [6.45, 7) is 1.74. The summed E-state index contributed by atoms with van der Waals surface area (Å²) >= 11 is 0. The topological polar surface area (TPSA) is 98.8 Å². The van der Waals surface area contributed by atoms with Crippen molar-refractivity contribution in [3.63, 3.8) is 0 Å². The molecule has 8 heteroatoms. The Labute approximate surface area is 138 Å². The molecular weight excluding hydrogens is 311 g/mol. The summed E-state index contributed by atoms with van der Waals surface area (Å²) in [4.78, 5) is 16.7. The number of allylic oxidation sites excluding steroid dienone is 1. The zero-order valence-corrected chi connectivity index (χ0v) is 13.3. The number of methoxy groups -OCH3 is 1. The number of aryl methyl sites for hydroxylation is 1. The van der Waals surface area contributed by atoms with Crippen LogP contribution in [0, 0.1) is 6.92 Å². The lowest BCUT2D eigenvalue weighted by molar-refractivity contribution is -0.0769. The molecule has 24 heavy (non-hydrogen) atoms. The highest BCUT2D eigenvalue weighted by Gasteiger charge is 2.27. The number of pyridine rings is 1. The molecule has 0 radical (unpaired) electrons. The van der Waals surface area contributed by atoms with Gasteiger partial charge in [0, 0.05) is 25.4 Å². The van der Waals surface area contributed by atoms with Gasteiger partial charge in [0.15, 0.2) is 5.82 Å². The van der Waals surface area contributed by atoms with Crippen LogP contribution in [0.2, 0.25) is 0 Å². The Balaban J connectivity index is 1.90. The average molecular weight is 328 g/mol. The lowest BCUT2D eigenvalue weighted by Gasteiger charge is -2.22. The van der Waals surface area contributed by atoms with Crippen LogP contribution in [0.25, 0.3) is 11.4 Å². The lowest BCUT2D eigenvalue weighted by Crippen LogP contribution is -2.24. The molecule has 0 fully saturated rings. The van der Waals surface area contributed by atoms with Crippen LogP contribution in [0.1, 0.15) is 12.2 Å². The SMILES string of the molecule is COC1(F)C=CC(Nc2ncccc2-c2nc(C)nc(N)n2)=CC1. The van der Waals surface area contributed by atoms with Gasteiger partial charge in [0.25, 0.3) is 0 Å². The van der Waals surface area contributed by atoms with Crippen LogP contribution in [-0.2, 0) is 4.74 Å². The predicted molar refractivity (Wildman–Crippen MR) is 88.5 cm³/mol. The van der Waals surface area contributed by atoms with Crippen molar-refractivity contribution in [3.8, 4) is 11.4 Å². The van der Waals surface area contributed by atoms with E-state index < -0.39 is 5.85 Å². The van der Waals surface area contributed by atoms with E-state index in [1.165, 1.54) is 13.2 Å². The van der Waals surface area contributed by atoms with E-state index in [4.69, 9.17) is 10.5 Å². The molecule has 0 bridgehead atoms. The molecule has 1 unspecified atom stereocenters. The first-order chi connectivity index (χ1) is 11.5. The summed E-state index contributed by atoms with van der Waals surface area (Å²) < 4.78 is 18.8. The molecule has 1 aliphatic carbocycles. The molecule has 0 aromatic carbocycles. The van der Waals surface area contributed by atoms with Gasteiger partial charge < -0.3 is 15.8 Å². The van der Waals surface area contributed by atoms with Crippen LogP contribution in [-0.4, -0.2) is 32.9 Å². The first-order valence-electron chi connectivity index (χ1n) is 7.33. The maximum atomic E-state index is 14.0. The predicted octanol–water partition coefficient (Wildman–Crippen LogP) is 2.39. The minimum atomic E-state index is -1.77. The molecule has 124 valence electrons. The number of nitrogens with one attached hydrogen (secondary N) is 1. The van der Waals surface area contributed by atoms with Gasteiger partial charge in [-0.05, 0) is 31.2 Å². The third-order valence-corrected chi connectivity index (χ3v) is 3.53. The number of halogens is 1. The highest BCUT2D eigenvalue weighted by Crippen LogP contribution is 2.28. The van der Waals surface area contributed by atoms with Crippen LogP contribution in [0.15, 0.2) is 42.3 Å². The fourth-order valence-corrected chi connectivity index (χ4v) is 2.29. The summed E-state index contributed by atoms with van der Waals surface area (Å²) in [6.07, 6.45) is 6.43. The first-order valence-corrected chi connectivity index (χ1v) is 7.33. The summed E-state index contributed by atoms with van der Waals surface area (Å²) in [5, 5.41) is 3.15. The highest BCUT2D eigenvalue weighted by molar-refractivity contribution is 5.72. The van der Waals surface area contributed by atoms with Crippen LogP contribution in [0.4, 0.5) is 16.2 Å². The number of hydrogen-bond donors (Lipinski definition) is 2. The van der Waals surface area contributed by atoms with Crippen LogP contribution < -0.4 is 11.1 Å². The second-order valence-electron chi connectivity index (χ2n) is 5.28. The normalized spacial score (nSPS) is 19.9. The Morgan fingerprint density at radius 3 is 2.83 bits per heavy atom. The Bertz CT molecular complexity index is 802.